The molecule has 1 aliphatic rings. The van der Waals surface area contributed by atoms with E-state index in [1.807, 2.05) is 12.1 Å². The fraction of sp³-hybridized carbons (Fsp3) is 0.613. The van der Waals surface area contributed by atoms with Crippen molar-refractivity contribution in [2.24, 2.45) is 5.92 Å². The highest BCUT2D eigenvalue weighted by molar-refractivity contribution is 6.61. The van der Waals surface area contributed by atoms with Crippen molar-refractivity contribution in [2.75, 3.05) is 19.8 Å². The van der Waals surface area contributed by atoms with Crippen LogP contribution in [0.5, 0.6) is 5.75 Å². The van der Waals surface area contributed by atoms with Crippen LogP contribution >= 0.6 is 0 Å². The summed E-state index contributed by atoms with van der Waals surface area (Å²) in [7, 11) is -0.859. The van der Waals surface area contributed by atoms with Gasteiger partial charge in [-0.2, -0.15) is 0 Å². The quantitative estimate of drug-likeness (QED) is 0.157. The Kier molecular flexibility index (Phi) is 13.5. The van der Waals surface area contributed by atoms with Gasteiger partial charge in [-0.3, -0.25) is 0 Å². The summed E-state index contributed by atoms with van der Waals surface area (Å²) >= 11 is 0. The number of ether oxygens (including phenoxy) is 1. The zero-order valence-corrected chi connectivity index (χ0v) is 22.9. The second-order valence-corrected chi connectivity index (χ2v) is 10.4. The van der Waals surface area contributed by atoms with E-state index in [-0.39, 0.29) is 11.0 Å². The molecule has 0 radical (unpaired) electrons. The molecule has 0 saturated carbocycles. The Morgan fingerprint density at radius 1 is 0.730 bits per heavy atom. The molecule has 1 fully saturated rings. The minimum atomic E-state index is -0.903. The van der Waals surface area contributed by atoms with E-state index in [0.717, 1.165) is 25.0 Å². The SMILES string of the molecule is CCCCCCCCCOc1ccc(-c2ccc(B3OCC(CCCCCCC)CO3)c(F)c2F)cc1. The van der Waals surface area contributed by atoms with Crippen molar-refractivity contribution >= 4 is 12.6 Å². The molecule has 0 amide bonds. The van der Waals surface area contributed by atoms with Crippen LogP contribution in [0.2, 0.25) is 0 Å². The van der Waals surface area contributed by atoms with Gasteiger partial charge in [0.1, 0.15) is 5.75 Å². The van der Waals surface area contributed by atoms with Crippen LogP contribution in [0.15, 0.2) is 36.4 Å². The van der Waals surface area contributed by atoms with Gasteiger partial charge in [-0.15, -0.1) is 0 Å². The second-order valence-electron chi connectivity index (χ2n) is 10.4. The number of hydrogen-bond acceptors (Lipinski definition) is 3. The number of halogens is 2. The Balaban J connectivity index is 1.46. The fourth-order valence-electron chi connectivity index (χ4n) is 4.88. The molecule has 37 heavy (non-hydrogen) atoms. The predicted molar refractivity (Wildman–Crippen MR) is 149 cm³/mol. The molecule has 3 nitrogen and oxygen atoms in total. The molecule has 0 N–H and O–H groups in total. The summed E-state index contributed by atoms with van der Waals surface area (Å²) in [6.45, 7) is 6.14. The highest BCUT2D eigenvalue weighted by Crippen LogP contribution is 2.27. The first-order chi connectivity index (χ1) is 18.1. The molecular weight excluding hydrogens is 469 g/mol. The smallest absolute Gasteiger partial charge is 0.494 e. The fourth-order valence-corrected chi connectivity index (χ4v) is 4.88. The molecule has 6 heteroatoms. The molecule has 0 spiro atoms. The van der Waals surface area contributed by atoms with E-state index >= 15 is 8.78 Å². The average molecular weight is 515 g/mol. The lowest BCUT2D eigenvalue weighted by Crippen LogP contribution is -2.46. The Bertz CT molecular complexity index is 898. The van der Waals surface area contributed by atoms with Crippen molar-refractivity contribution < 1.29 is 22.8 Å². The Labute approximate surface area is 223 Å². The maximum Gasteiger partial charge on any atom is 0.497 e. The summed E-state index contributed by atoms with van der Waals surface area (Å²) < 4.78 is 47.4. The van der Waals surface area contributed by atoms with E-state index in [1.165, 1.54) is 64.2 Å². The molecule has 2 aromatic rings. The van der Waals surface area contributed by atoms with Gasteiger partial charge >= 0.3 is 7.12 Å². The van der Waals surface area contributed by atoms with Gasteiger partial charge in [0.15, 0.2) is 11.6 Å². The van der Waals surface area contributed by atoms with Crippen LogP contribution < -0.4 is 10.2 Å². The van der Waals surface area contributed by atoms with Crippen LogP contribution in [0.4, 0.5) is 8.78 Å². The molecule has 3 rings (SSSR count). The minimum absolute atomic E-state index is 0.122. The second kappa shape index (κ2) is 16.8. The Morgan fingerprint density at radius 3 is 1.97 bits per heavy atom. The molecule has 0 aliphatic carbocycles. The number of hydrogen-bond donors (Lipinski definition) is 0. The largest absolute Gasteiger partial charge is 0.497 e. The summed E-state index contributed by atoms with van der Waals surface area (Å²) in [5, 5.41) is 0. The van der Waals surface area contributed by atoms with Crippen molar-refractivity contribution in [3.8, 4) is 16.9 Å². The molecule has 0 bridgehead atoms. The monoisotopic (exact) mass is 514 g/mol. The first kappa shape index (κ1) is 29.6. The minimum Gasteiger partial charge on any atom is -0.494 e. The van der Waals surface area contributed by atoms with Gasteiger partial charge in [-0.1, -0.05) is 109 Å². The molecule has 0 unspecified atom stereocenters. The van der Waals surface area contributed by atoms with Crippen molar-refractivity contribution in [3.05, 3.63) is 48.0 Å². The first-order valence-electron chi connectivity index (χ1n) is 14.6. The molecule has 0 atom stereocenters. The van der Waals surface area contributed by atoms with E-state index in [1.54, 1.807) is 24.3 Å². The maximum absolute atomic E-state index is 15.0. The summed E-state index contributed by atoms with van der Waals surface area (Å²) in [6, 6.07) is 10.4. The van der Waals surface area contributed by atoms with Crippen LogP contribution in [0, 0.1) is 17.6 Å². The van der Waals surface area contributed by atoms with E-state index < -0.39 is 18.8 Å². The van der Waals surface area contributed by atoms with E-state index in [0.29, 0.717) is 31.3 Å². The molecule has 1 saturated heterocycles. The average Bonchev–Trinajstić information content (AvgIpc) is 2.92. The zero-order valence-electron chi connectivity index (χ0n) is 22.9. The van der Waals surface area contributed by atoms with Gasteiger partial charge in [-0.05, 0) is 30.5 Å². The summed E-state index contributed by atoms with van der Waals surface area (Å²) in [6.07, 6.45) is 15.8. The Hall–Kier alpha value is -1.92. The van der Waals surface area contributed by atoms with Gasteiger partial charge in [0.25, 0.3) is 0 Å². The maximum atomic E-state index is 15.0. The van der Waals surface area contributed by atoms with Gasteiger partial charge in [0, 0.05) is 30.2 Å². The number of unbranched alkanes of at least 4 members (excludes halogenated alkanes) is 10. The summed E-state index contributed by atoms with van der Waals surface area (Å²) in [5.74, 6) is -0.716. The van der Waals surface area contributed by atoms with Gasteiger partial charge in [-0.25, -0.2) is 8.78 Å². The third kappa shape index (κ3) is 9.72. The van der Waals surface area contributed by atoms with Crippen LogP contribution in [0.3, 0.4) is 0 Å². The van der Waals surface area contributed by atoms with Gasteiger partial charge < -0.3 is 14.0 Å². The third-order valence-electron chi connectivity index (χ3n) is 7.23. The standard InChI is InChI=1S/C31H45BF2O3/c1-3-5-7-9-10-12-14-22-35-27-18-16-26(17-19-27)28-20-21-29(31(34)30(28)33)32-36-23-25(24-37-32)15-13-11-8-6-4-2/h16-21,25H,3-15,22-24H2,1-2H3. The Morgan fingerprint density at radius 2 is 1.32 bits per heavy atom. The molecule has 2 aromatic carbocycles. The van der Waals surface area contributed by atoms with E-state index in [2.05, 4.69) is 13.8 Å². The van der Waals surface area contributed by atoms with E-state index in [4.69, 9.17) is 14.0 Å². The van der Waals surface area contributed by atoms with Crippen LogP contribution in [0.1, 0.15) is 97.3 Å². The number of benzene rings is 2. The first-order valence-corrected chi connectivity index (χ1v) is 14.6. The van der Waals surface area contributed by atoms with Crippen LogP contribution in [-0.2, 0) is 9.31 Å². The third-order valence-corrected chi connectivity index (χ3v) is 7.23. The normalized spacial score (nSPS) is 14.3. The summed E-state index contributed by atoms with van der Waals surface area (Å²) in [5.41, 5.74) is 0.956. The van der Waals surface area contributed by atoms with Crippen LogP contribution in [0.25, 0.3) is 11.1 Å². The van der Waals surface area contributed by atoms with Gasteiger partial charge in [0.05, 0.1) is 6.61 Å². The predicted octanol–water partition coefficient (Wildman–Crippen LogP) is 8.48. The van der Waals surface area contributed by atoms with Gasteiger partial charge in [0.2, 0.25) is 0 Å². The molecule has 204 valence electrons. The lowest BCUT2D eigenvalue weighted by Gasteiger charge is -2.27. The summed E-state index contributed by atoms with van der Waals surface area (Å²) in [4.78, 5) is 0. The van der Waals surface area contributed by atoms with Crippen molar-refractivity contribution in [3.63, 3.8) is 0 Å². The molecular formula is C31H45BF2O3. The molecule has 1 aliphatic heterocycles. The topological polar surface area (TPSA) is 27.7 Å². The van der Waals surface area contributed by atoms with E-state index in [9.17, 15) is 0 Å². The molecule has 1 heterocycles. The highest BCUT2D eigenvalue weighted by atomic mass is 19.2. The lowest BCUT2D eigenvalue weighted by molar-refractivity contribution is 0.0806. The van der Waals surface area contributed by atoms with Crippen molar-refractivity contribution in [2.45, 2.75) is 97.3 Å². The van der Waals surface area contributed by atoms with Crippen molar-refractivity contribution in [1.82, 2.24) is 0 Å². The van der Waals surface area contributed by atoms with Crippen molar-refractivity contribution in [1.29, 1.82) is 0 Å². The highest BCUT2D eigenvalue weighted by Gasteiger charge is 2.33. The lowest BCUT2D eigenvalue weighted by atomic mass is 9.76. The molecule has 0 aromatic heterocycles. The number of rotatable bonds is 17. The zero-order chi connectivity index (χ0) is 26.3. The van der Waals surface area contributed by atoms with Crippen LogP contribution in [-0.4, -0.2) is 26.9 Å².